The maximum absolute atomic E-state index is 12.9. The summed E-state index contributed by atoms with van der Waals surface area (Å²) in [6.07, 6.45) is -3.41. The minimum atomic E-state index is -4.35. The Bertz CT molecular complexity index is 918. The van der Waals surface area contributed by atoms with Gasteiger partial charge in [-0.15, -0.1) is 0 Å². The predicted octanol–water partition coefficient (Wildman–Crippen LogP) is 5.22. The Balaban J connectivity index is 1.48. The van der Waals surface area contributed by atoms with Gasteiger partial charge in [0.05, 0.1) is 16.6 Å². The highest BCUT2D eigenvalue weighted by atomic mass is 35.5. The smallest absolute Gasteiger partial charge is 0.342 e. The van der Waals surface area contributed by atoms with Crippen LogP contribution in [0.3, 0.4) is 0 Å². The third kappa shape index (κ3) is 3.57. The van der Waals surface area contributed by atoms with Crippen molar-refractivity contribution in [3.8, 4) is 0 Å². The molecule has 0 saturated carbocycles. The number of rotatable bonds is 3. The lowest BCUT2D eigenvalue weighted by atomic mass is 10.1. The molecule has 0 aliphatic carbocycles. The van der Waals surface area contributed by atoms with E-state index in [0.29, 0.717) is 16.1 Å². The fourth-order valence-corrected chi connectivity index (χ4v) is 3.57. The third-order valence-corrected chi connectivity index (χ3v) is 5.06. The molecule has 4 rings (SSSR count). The largest absolute Gasteiger partial charge is 0.416 e. The van der Waals surface area contributed by atoms with Gasteiger partial charge in [-0.05, 0) is 48.9 Å². The zero-order valence-corrected chi connectivity index (χ0v) is 14.6. The van der Waals surface area contributed by atoms with Crippen molar-refractivity contribution in [2.75, 3.05) is 13.1 Å². The first-order chi connectivity index (χ1) is 12.4. The molecule has 26 heavy (non-hydrogen) atoms. The summed E-state index contributed by atoms with van der Waals surface area (Å²) in [6, 6.07) is 11.4. The van der Waals surface area contributed by atoms with Crippen molar-refractivity contribution in [3.63, 3.8) is 0 Å². The first-order valence-corrected chi connectivity index (χ1v) is 8.80. The summed E-state index contributed by atoms with van der Waals surface area (Å²) < 4.78 is 38.6. The van der Waals surface area contributed by atoms with Gasteiger partial charge >= 0.3 is 6.18 Å². The standard InChI is InChI=1S/C19H17ClF3N3/c20-15-4-1-12(2-5-15)10-26-8-7-13(11-26)18-24-16-6-3-14(19(21,22)23)9-17(16)25-18/h1-6,9,13H,7-8,10-11H2,(H,24,25). The summed E-state index contributed by atoms with van der Waals surface area (Å²) in [6.45, 7) is 2.58. The van der Waals surface area contributed by atoms with Gasteiger partial charge in [-0.1, -0.05) is 23.7 Å². The molecule has 0 radical (unpaired) electrons. The normalized spacial score (nSPS) is 18.7. The van der Waals surface area contributed by atoms with E-state index in [0.717, 1.165) is 44.0 Å². The SMILES string of the molecule is FC(F)(F)c1ccc2nc(C3CCN(Cc4ccc(Cl)cc4)C3)[nH]c2c1. The Labute approximate surface area is 153 Å². The van der Waals surface area contributed by atoms with Crippen LogP contribution in [-0.4, -0.2) is 28.0 Å². The molecule has 1 atom stereocenters. The van der Waals surface area contributed by atoms with Crippen molar-refractivity contribution in [3.05, 3.63) is 64.4 Å². The number of nitrogens with zero attached hydrogens (tertiary/aromatic N) is 2. The van der Waals surface area contributed by atoms with Crippen molar-refractivity contribution < 1.29 is 13.2 Å². The van der Waals surface area contributed by atoms with E-state index in [4.69, 9.17) is 11.6 Å². The van der Waals surface area contributed by atoms with E-state index in [9.17, 15) is 13.2 Å². The molecule has 3 aromatic rings. The van der Waals surface area contributed by atoms with E-state index in [1.54, 1.807) is 0 Å². The molecule has 1 N–H and O–H groups in total. The monoisotopic (exact) mass is 379 g/mol. The van der Waals surface area contributed by atoms with Crippen molar-refractivity contribution in [2.45, 2.75) is 25.1 Å². The fourth-order valence-electron chi connectivity index (χ4n) is 3.45. The summed E-state index contributed by atoms with van der Waals surface area (Å²) in [7, 11) is 0. The second-order valence-corrected chi connectivity index (χ2v) is 7.14. The summed E-state index contributed by atoms with van der Waals surface area (Å²) >= 11 is 5.91. The van der Waals surface area contributed by atoms with E-state index in [1.807, 2.05) is 24.3 Å². The third-order valence-electron chi connectivity index (χ3n) is 4.81. The van der Waals surface area contributed by atoms with Crippen LogP contribution in [0.25, 0.3) is 11.0 Å². The molecule has 7 heteroatoms. The van der Waals surface area contributed by atoms with Gasteiger partial charge in [0, 0.05) is 24.0 Å². The summed E-state index contributed by atoms with van der Waals surface area (Å²) in [5.41, 5.74) is 1.54. The molecular weight excluding hydrogens is 363 g/mol. The van der Waals surface area contributed by atoms with Gasteiger partial charge < -0.3 is 4.98 Å². The van der Waals surface area contributed by atoms with Gasteiger partial charge in [0.15, 0.2) is 0 Å². The predicted molar refractivity (Wildman–Crippen MR) is 95.2 cm³/mol. The van der Waals surface area contributed by atoms with Crippen LogP contribution in [0.15, 0.2) is 42.5 Å². The number of aromatic nitrogens is 2. The average molecular weight is 380 g/mol. The Morgan fingerprint density at radius 3 is 2.65 bits per heavy atom. The molecule has 1 unspecified atom stereocenters. The second-order valence-electron chi connectivity index (χ2n) is 6.70. The number of likely N-dealkylation sites (tertiary alicyclic amines) is 1. The minimum Gasteiger partial charge on any atom is -0.342 e. The van der Waals surface area contributed by atoms with Gasteiger partial charge in [-0.25, -0.2) is 4.98 Å². The summed E-state index contributed by atoms with van der Waals surface area (Å²) in [4.78, 5) is 9.91. The van der Waals surface area contributed by atoms with Crippen molar-refractivity contribution in [1.29, 1.82) is 0 Å². The van der Waals surface area contributed by atoms with Gasteiger partial charge in [0.2, 0.25) is 0 Å². The van der Waals surface area contributed by atoms with Crippen molar-refractivity contribution in [2.24, 2.45) is 0 Å². The van der Waals surface area contributed by atoms with E-state index in [1.165, 1.54) is 11.6 Å². The Morgan fingerprint density at radius 2 is 1.92 bits per heavy atom. The first kappa shape index (κ1) is 17.4. The highest BCUT2D eigenvalue weighted by Crippen LogP contribution is 2.32. The highest BCUT2D eigenvalue weighted by Gasteiger charge is 2.31. The van der Waals surface area contributed by atoms with Gasteiger partial charge in [0.1, 0.15) is 5.82 Å². The van der Waals surface area contributed by atoms with Crippen LogP contribution in [0, 0.1) is 0 Å². The molecule has 1 aliphatic heterocycles. The molecular formula is C19H17ClF3N3. The Hall–Kier alpha value is -2.05. The lowest BCUT2D eigenvalue weighted by molar-refractivity contribution is -0.137. The zero-order chi connectivity index (χ0) is 18.3. The molecule has 1 fully saturated rings. The maximum Gasteiger partial charge on any atom is 0.416 e. The number of benzene rings is 2. The summed E-state index contributed by atoms with van der Waals surface area (Å²) in [5.74, 6) is 0.960. The molecule has 2 aromatic carbocycles. The zero-order valence-electron chi connectivity index (χ0n) is 13.9. The van der Waals surface area contributed by atoms with Crippen molar-refractivity contribution >= 4 is 22.6 Å². The van der Waals surface area contributed by atoms with E-state index in [-0.39, 0.29) is 5.92 Å². The molecule has 1 aromatic heterocycles. The van der Waals surface area contributed by atoms with Crippen LogP contribution in [-0.2, 0) is 12.7 Å². The number of halogens is 4. The lowest BCUT2D eigenvalue weighted by Gasteiger charge is -2.15. The fraction of sp³-hybridized carbons (Fsp3) is 0.316. The number of nitrogens with one attached hydrogen (secondary N) is 1. The van der Waals surface area contributed by atoms with Crippen LogP contribution in [0.4, 0.5) is 13.2 Å². The molecule has 1 saturated heterocycles. The Morgan fingerprint density at radius 1 is 1.15 bits per heavy atom. The van der Waals surface area contributed by atoms with Crippen LogP contribution in [0.5, 0.6) is 0 Å². The molecule has 1 aliphatic rings. The van der Waals surface area contributed by atoms with Gasteiger partial charge in [0.25, 0.3) is 0 Å². The Kier molecular flexibility index (Phi) is 4.40. The van der Waals surface area contributed by atoms with Gasteiger partial charge in [-0.2, -0.15) is 13.2 Å². The minimum absolute atomic E-state index is 0.198. The van der Waals surface area contributed by atoms with E-state index in [2.05, 4.69) is 14.9 Å². The molecule has 0 spiro atoms. The number of fused-ring (bicyclic) bond motifs is 1. The molecule has 0 bridgehead atoms. The van der Waals surface area contributed by atoms with Crippen LogP contribution in [0.2, 0.25) is 5.02 Å². The topological polar surface area (TPSA) is 31.9 Å². The van der Waals surface area contributed by atoms with Gasteiger partial charge in [-0.3, -0.25) is 4.90 Å². The molecule has 136 valence electrons. The highest BCUT2D eigenvalue weighted by molar-refractivity contribution is 6.30. The lowest BCUT2D eigenvalue weighted by Crippen LogP contribution is -2.19. The number of aromatic amines is 1. The van der Waals surface area contributed by atoms with Crippen LogP contribution in [0.1, 0.15) is 29.3 Å². The van der Waals surface area contributed by atoms with Crippen molar-refractivity contribution in [1.82, 2.24) is 14.9 Å². The number of imidazole rings is 1. The van der Waals surface area contributed by atoms with E-state index < -0.39 is 11.7 Å². The number of alkyl halides is 3. The maximum atomic E-state index is 12.9. The molecule has 3 nitrogen and oxygen atoms in total. The second kappa shape index (κ2) is 6.59. The van der Waals surface area contributed by atoms with Crippen LogP contribution >= 0.6 is 11.6 Å². The number of hydrogen-bond acceptors (Lipinski definition) is 2. The first-order valence-electron chi connectivity index (χ1n) is 8.42. The summed E-state index contributed by atoms with van der Waals surface area (Å²) in [5, 5.41) is 0.716. The number of hydrogen-bond donors (Lipinski definition) is 1. The van der Waals surface area contributed by atoms with Crippen LogP contribution < -0.4 is 0 Å². The number of H-pyrrole nitrogens is 1. The molecule has 0 amide bonds. The quantitative estimate of drug-likeness (QED) is 0.676. The molecule has 2 heterocycles. The van der Waals surface area contributed by atoms with E-state index >= 15 is 0 Å². The average Bonchev–Trinajstić information content (AvgIpc) is 3.22.